The van der Waals surface area contributed by atoms with Crippen LogP contribution in [0.15, 0.2) is 12.1 Å². The Morgan fingerprint density at radius 1 is 1.50 bits per heavy atom. The highest BCUT2D eigenvalue weighted by Gasteiger charge is 2.20. The van der Waals surface area contributed by atoms with Gasteiger partial charge in [-0.3, -0.25) is 0 Å². The maximum Gasteiger partial charge on any atom is 0.387 e. The Morgan fingerprint density at radius 2 is 2.12 bits per heavy atom. The molecule has 1 aromatic rings. The number of benzene rings is 1. The van der Waals surface area contributed by atoms with Gasteiger partial charge in [-0.2, -0.15) is 8.78 Å². The van der Waals surface area contributed by atoms with E-state index >= 15 is 0 Å². The van der Waals surface area contributed by atoms with E-state index in [1.54, 1.807) is 0 Å². The first-order valence-corrected chi connectivity index (χ1v) is 5.14. The fourth-order valence-electron chi connectivity index (χ4n) is 1.09. The number of hydrogen-bond acceptors (Lipinski definition) is 2. The minimum absolute atomic E-state index is 0.207. The molecule has 0 fully saturated rings. The zero-order valence-corrected chi connectivity index (χ0v) is 9.30. The Morgan fingerprint density at radius 3 is 2.56 bits per heavy atom. The van der Waals surface area contributed by atoms with Gasteiger partial charge in [-0.05, 0) is 17.7 Å². The van der Waals surface area contributed by atoms with E-state index in [1.165, 1.54) is 0 Å². The Hall–Kier alpha value is -1.24. The monoisotopic (exact) mass is 298 g/mol. The number of carbonyl (C=O) groups is 1. The highest BCUT2D eigenvalue weighted by molar-refractivity contribution is 9.08. The number of alkyl halides is 3. The van der Waals surface area contributed by atoms with Crippen molar-refractivity contribution < 1.29 is 27.8 Å². The van der Waals surface area contributed by atoms with E-state index in [2.05, 4.69) is 20.7 Å². The molecule has 0 saturated heterocycles. The summed E-state index contributed by atoms with van der Waals surface area (Å²) < 4.78 is 41.0. The van der Waals surface area contributed by atoms with Crippen LogP contribution in [-0.2, 0) is 5.33 Å². The highest BCUT2D eigenvalue weighted by atomic mass is 79.9. The largest absolute Gasteiger partial charge is 0.478 e. The zero-order chi connectivity index (χ0) is 12.3. The Labute approximate surface area is 97.0 Å². The molecule has 1 rings (SSSR count). The van der Waals surface area contributed by atoms with E-state index in [0.29, 0.717) is 5.56 Å². The number of hydrogen-bond donors (Lipinski definition) is 1. The fourth-order valence-corrected chi connectivity index (χ4v) is 1.42. The van der Waals surface area contributed by atoms with E-state index in [1.807, 2.05) is 0 Å². The Kier molecular flexibility index (Phi) is 4.17. The molecule has 0 atom stereocenters. The number of aromatic carboxylic acids is 1. The predicted octanol–water partition coefficient (Wildman–Crippen LogP) is 3.02. The zero-order valence-electron chi connectivity index (χ0n) is 7.71. The van der Waals surface area contributed by atoms with Crippen LogP contribution < -0.4 is 4.74 Å². The summed E-state index contributed by atoms with van der Waals surface area (Å²) in [6.45, 7) is -3.28. The molecule has 7 heteroatoms. The maximum atomic E-state index is 13.3. The molecule has 0 spiro atoms. The van der Waals surface area contributed by atoms with Crippen molar-refractivity contribution in [2.75, 3.05) is 0 Å². The van der Waals surface area contributed by atoms with Gasteiger partial charge in [0.25, 0.3) is 0 Å². The van der Waals surface area contributed by atoms with E-state index in [9.17, 15) is 18.0 Å². The third-order valence-electron chi connectivity index (χ3n) is 1.70. The standard InChI is InChI=1S/C9H6BrF3O3/c10-3-4-1-5(8(14)15)7(6(11)2-4)16-9(12)13/h1-2,9H,3H2,(H,14,15). The number of rotatable bonds is 4. The molecule has 0 aliphatic heterocycles. The Bertz CT molecular complexity index is 409. The molecule has 1 aromatic carbocycles. The molecule has 0 unspecified atom stereocenters. The number of carboxylic acids is 1. The van der Waals surface area contributed by atoms with E-state index in [0.717, 1.165) is 12.1 Å². The molecule has 0 radical (unpaired) electrons. The predicted molar refractivity (Wildman–Crippen MR) is 52.6 cm³/mol. The maximum absolute atomic E-state index is 13.3. The molecule has 0 bridgehead atoms. The molecule has 3 nitrogen and oxygen atoms in total. The van der Waals surface area contributed by atoms with Crippen molar-refractivity contribution in [3.63, 3.8) is 0 Å². The first kappa shape index (κ1) is 12.8. The molecular weight excluding hydrogens is 293 g/mol. The van der Waals surface area contributed by atoms with Gasteiger partial charge < -0.3 is 9.84 Å². The summed E-state index contributed by atoms with van der Waals surface area (Å²) in [5.41, 5.74) is -0.314. The van der Waals surface area contributed by atoms with Crippen LogP contribution >= 0.6 is 15.9 Å². The van der Waals surface area contributed by atoms with Gasteiger partial charge >= 0.3 is 12.6 Å². The highest BCUT2D eigenvalue weighted by Crippen LogP contribution is 2.27. The van der Waals surface area contributed by atoms with Crippen LogP contribution in [0.25, 0.3) is 0 Å². The summed E-state index contributed by atoms with van der Waals surface area (Å²) in [4.78, 5) is 10.7. The average Bonchev–Trinajstić information content (AvgIpc) is 2.19. The summed E-state index contributed by atoms with van der Waals surface area (Å²) >= 11 is 3.00. The minimum atomic E-state index is -3.28. The van der Waals surface area contributed by atoms with Gasteiger partial charge in [0, 0.05) is 5.33 Å². The van der Waals surface area contributed by atoms with Crippen LogP contribution in [0.1, 0.15) is 15.9 Å². The van der Waals surface area contributed by atoms with E-state index in [4.69, 9.17) is 5.11 Å². The van der Waals surface area contributed by atoms with Crippen molar-refractivity contribution in [1.29, 1.82) is 0 Å². The molecule has 1 N–H and O–H groups in total. The van der Waals surface area contributed by atoms with Gasteiger partial charge in [-0.1, -0.05) is 15.9 Å². The lowest BCUT2D eigenvalue weighted by atomic mass is 10.1. The van der Waals surface area contributed by atoms with Crippen molar-refractivity contribution in [2.45, 2.75) is 11.9 Å². The SMILES string of the molecule is O=C(O)c1cc(CBr)cc(F)c1OC(F)F. The Balaban J connectivity index is 3.28. The third kappa shape index (κ3) is 2.88. The third-order valence-corrected chi connectivity index (χ3v) is 2.34. The molecule has 16 heavy (non-hydrogen) atoms. The molecule has 0 aromatic heterocycles. The molecule has 88 valence electrons. The molecule has 0 saturated carbocycles. The first-order valence-electron chi connectivity index (χ1n) is 4.02. The lowest BCUT2D eigenvalue weighted by Gasteiger charge is -2.10. The van der Waals surface area contributed by atoms with Gasteiger partial charge in [0.15, 0.2) is 11.6 Å². The molecule has 0 aliphatic rings. The summed E-state index contributed by atoms with van der Waals surface area (Å²) in [7, 11) is 0. The molecular formula is C9H6BrF3O3. The topological polar surface area (TPSA) is 46.5 Å². The number of ether oxygens (including phenoxy) is 1. The van der Waals surface area contributed by atoms with Gasteiger partial charge in [-0.15, -0.1) is 0 Å². The van der Waals surface area contributed by atoms with Crippen LogP contribution in [0.4, 0.5) is 13.2 Å². The van der Waals surface area contributed by atoms with Crippen LogP contribution in [0.3, 0.4) is 0 Å². The quantitative estimate of drug-likeness (QED) is 0.869. The molecule has 0 aliphatic carbocycles. The lowest BCUT2D eigenvalue weighted by Crippen LogP contribution is -2.10. The van der Waals surface area contributed by atoms with Gasteiger partial charge in [0.05, 0.1) is 0 Å². The second-order valence-corrected chi connectivity index (χ2v) is 3.33. The van der Waals surface area contributed by atoms with Crippen LogP contribution in [0, 0.1) is 5.82 Å². The van der Waals surface area contributed by atoms with Crippen LogP contribution in [-0.4, -0.2) is 17.7 Å². The second kappa shape index (κ2) is 5.20. The summed E-state index contributed by atoms with van der Waals surface area (Å²) in [6.07, 6.45) is 0. The van der Waals surface area contributed by atoms with E-state index < -0.39 is 29.7 Å². The van der Waals surface area contributed by atoms with Gasteiger partial charge in [0.1, 0.15) is 5.56 Å². The van der Waals surface area contributed by atoms with Gasteiger partial charge in [-0.25, -0.2) is 9.18 Å². The number of halogens is 4. The van der Waals surface area contributed by atoms with E-state index in [-0.39, 0.29) is 5.33 Å². The lowest BCUT2D eigenvalue weighted by molar-refractivity contribution is -0.0527. The minimum Gasteiger partial charge on any atom is -0.478 e. The van der Waals surface area contributed by atoms with Crippen LogP contribution in [0.5, 0.6) is 5.75 Å². The molecule has 0 heterocycles. The number of carboxylic acid groups (broad SMARTS) is 1. The second-order valence-electron chi connectivity index (χ2n) is 2.77. The molecule has 0 amide bonds. The van der Waals surface area contributed by atoms with Gasteiger partial charge in [0.2, 0.25) is 0 Å². The normalized spacial score (nSPS) is 10.6. The summed E-state index contributed by atoms with van der Waals surface area (Å²) in [5.74, 6) is -3.61. The van der Waals surface area contributed by atoms with Crippen molar-refractivity contribution in [2.24, 2.45) is 0 Å². The van der Waals surface area contributed by atoms with Crippen LogP contribution in [0.2, 0.25) is 0 Å². The van der Waals surface area contributed by atoms with Crippen molar-refractivity contribution in [3.05, 3.63) is 29.1 Å². The van der Waals surface area contributed by atoms with Crippen molar-refractivity contribution >= 4 is 21.9 Å². The summed E-state index contributed by atoms with van der Waals surface area (Å²) in [5, 5.41) is 8.92. The fraction of sp³-hybridized carbons (Fsp3) is 0.222. The first-order chi connectivity index (χ1) is 7.45. The van der Waals surface area contributed by atoms with Crippen molar-refractivity contribution in [3.8, 4) is 5.75 Å². The average molecular weight is 299 g/mol. The summed E-state index contributed by atoms with van der Waals surface area (Å²) in [6, 6.07) is 2.00. The van der Waals surface area contributed by atoms with Crippen molar-refractivity contribution in [1.82, 2.24) is 0 Å². The smallest absolute Gasteiger partial charge is 0.387 e.